The average Bonchev–Trinajstić information content (AvgIpc) is 3.22. The second kappa shape index (κ2) is 7.57. The standard InChI is InChI=1S/C22H20N6O2/c29-21(30)15-7-4-8-19-16(15)13-25-28(19)22-26-18-9-10-23-12-17(18)20(27-22)24-11-14-5-2-1-3-6-14/h1-8,13,23H,9-12H2,(H,29,30)(H,24,26,27). The third-order valence-electron chi connectivity index (χ3n) is 5.26. The molecule has 3 heterocycles. The molecule has 0 amide bonds. The molecule has 0 spiro atoms. The lowest BCUT2D eigenvalue weighted by Gasteiger charge is -2.21. The van der Waals surface area contributed by atoms with Crippen molar-refractivity contribution < 1.29 is 9.90 Å². The van der Waals surface area contributed by atoms with Crippen LogP contribution >= 0.6 is 0 Å². The van der Waals surface area contributed by atoms with Crippen molar-refractivity contribution in [3.8, 4) is 5.95 Å². The van der Waals surface area contributed by atoms with Crippen LogP contribution in [0.4, 0.5) is 5.82 Å². The summed E-state index contributed by atoms with van der Waals surface area (Å²) >= 11 is 0. The highest BCUT2D eigenvalue weighted by atomic mass is 16.4. The van der Waals surface area contributed by atoms with E-state index < -0.39 is 5.97 Å². The Kier molecular flexibility index (Phi) is 4.61. The Labute approximate surface area is 172 Å². The van der Waals surface area contributed by atoms with Gasteiger partial charge in [0.25, 0.3) is 5.95 Å². The highest BCUT2D eigenvalue weighted by molar-refractivity contribution is 6.02. The molecule has 0 atom stereocenters. The molecular weight excluding hydrogens is 380 g/mol. The fourth-order valence-electron chi connectivity index (χ4n) is 3.75. The fourth-order valence-corrected chi connectivity index (χ4v) is 3.75. The lowest BCUT2D eigenvalue weighted by Crippen LogP contribution is -2.27. The van der Waals surface area contributed by atoms with Gasteiger partial charge in [-0.1, -0.05) is 36.4 Å². The molecule has 0 unspecified atom stereocenters. The summed E-state index contributed by atoms with van der Waals surface area (Å²) in [6.07, 6.45) is 2.35. The summed E-state index contributed by atoms with van der Waals surface area (Å²) in [6.45, 7) is 2.20. The number of carboxylic acids is 1. The maximum Gasteiger partial charge on any atom is 0.336 e. The zero-order chi connectivity index (χ0) is 20.5. The van der Waals surface area contributed by atoms with Gasteiger partial charge in [-0.15, -0.1) is 0 Å². The van der Waals surface area contributed by atoms with Gasteiger partial charge >= 0.3 is 5.97 Å². The van der Waals surface area contributed by atoms with Gasteiger partial charge in [0.1, 0.15) is 5.82 Å². The number of nitrogens with one attached hydrogen (secondary N) is 2. The Morgan fingerprint density at radius 1 is 1.13 bits per heavy atom. The van der Waals surface area contributed by atoms with Crippen molar-refractivity contribution in [1.82, 2.24) is 25.1 Å². The van der Waals surface area contributed by atoms with E-state index in [1.54, 1.807) is 23.0 Å². The van der Waals surface area contributed by atoms with E-state index in [1.807, 2.05) is 24.3 Å². The monoisotopic (exact) mass is 400 g/mol. The topological polar surface area (TPSA) is 105 Å². The van der Waals surface area contributed by atoms with Gasteiger partial charge in [-0.05, 0) is 17.7 Å². The molecule has 4 aromatic rings. The summed E-state index contributed by atoms with van der Waals surface area (Å²) in [5.74, 6) is 0.218. The molecule has 8 nitrogen and oxygen atoms in total. The maximum absolute atomic E-state index is 11.5. The molecule has 1 aliphatic rings. The van der Waals surface area contributed by atoms with E-state index in [0.29, 0.717) is 29.9 Å². The molecule has 0 bridgehead atoms. The summed E-state index contributed by atoms with van der Waals surface area (Å²) in [6, 6.07) is 15.2. The van der Waals surface area contributed by atoms with E-state index in [4.69, 9.17) is 9.97 Å². The highest BCUT2D eigenvalue weighted by Crippen LogP contribution is 2.25. The molecule has 5 rings (SSSR count). The van der Waals surface area contributed by atoms with Crippen LogP contribution in [-0.4, -0.2) is 37.4 Å². The molecule has 2 aromatic carbocycles. The molecule has 0 saturated heterocycles. The van der Waals surface area contributed by atoms with Crippen molar-refractivity contribution in [3.63, 3.8) is 0 Å². The minimum Gasteiger partial charge on any atom is -0.478 e. The third-order valence-corrected chi connectivity index (χ3v) is 5.26. The number of benzene rings is 2. The van der Waals surface area contributed by atoms with Crippen LogP contribution in [0.15, 0.2) is 54.7 Å². The zero-order valence-electron chi connectivity index (χ0n) is 16.2. The molecular formula is C22H20N6O2. The Hall–Kier alpha value is -3.78. The SMILES string of the molecule is O=C(O)c1cccc2c1cnn2-c1nc2c(c(NCc3ccccc3)n1)CNCC2. The third kappa shape index (κ3) is 3.27. The first-order valence-electron chi connectivity index (χ1n) is 9.79. The summed E-state index contributed by atoms with van der Waals surface area (Å²) in [7, 11) is 0. The van der Waals surface area contributed by atoms with Crippen LogP contribution in [0.2, 0.25) is 0 Å². The molecule has 3 N–H and O–H groups in total. The van der Waals surface area contributed by atoms with Crippen LogP contribution in [0, 0.1) is 0 Å². The van der Waals surface area contributed by atoms with Crippen LogP contribution in [0.1, 0.15) is 27.2 Å². The Bertz CT molecular complexity index is 1240. The summed E-state index contributed by atoms with van der Waals surface area (Å²) in [5.41, 5.74) is 4.07. The first-order chi connectivity index (χ1) is 14.7. The normalized spacial score (nSPS) is 13.2. The molecule has 30 heavy (non-hydrogen) atoms. The van der Waals surface area contributed by atoms with Gasteiger partial charge in [0.2, 0.25) is 0 Å². The molecule has 0 aliphatic carbocycles. The van der Waals surface area contributed by atoms with Crippen LogP contribution in [-0.2, 0) is 19.5 Å². The number of aromatic nitrogens is 4. The quantitative estimate of drug-likeness (QED) is 0.473. The largest absolute Gasteiger partial charge is 0.478 e. The molecule has 0 saturated carbocycles. The fraction of sp³-hybridized carbons (Fsp3) is 0.182. The number of anilines is 1. The second-order valence-corrected chi connectivity index (χ2v) is 7.16. The number of carboxylic acid groups (broad SMARTS) is 1. The van der Waals surface area contributed by atoms with Crippen molar-refractivity contribution in [2.45, 2.75) is 19.5 Å². The predicted octanol–water partition coefficient (Wildman–Crippen LogP) is 2.77. The summed E-state index contributed by atoms with van der Waals surface area (Å²) in [4.78, 5) is 21.1. The average molecular weight is 400 g/mol. The molecule has 0 fully saturated rings. The number of hydrogen-bond donors (Lipinski definition) is 3. The minimum absolute atomic E-state index is 0.211. The van der Waals surface area contributed by atoms with Crippen molar-refractivity contribution in [1.29, 1.82) is 0 Å². The Morgan fingerprint density at radius 3 is 2.83 bits per heavy atom. The van der Waals surface area contributed by atoms with Gasteiger partial charge in [-0.2, -0.15) is 14.8 Å². The van der Waals surface area contributed by atoms with Crippen molar-refractivity contribution in [2.24, 2.45) is 0 Å². The van der Waals surface area contributed by atoms with E-state index in [9.17, 15) is 9.90 Å². The minimum atomic E-state index is -0.984. The van der Waals surface area contributed by atoms with Gasteiger partial charge in [-0.25, -0.2) is 9.78 Å². The molecule has 1 aliphatic heterocycles. The van der Waals surface area contributed by atoms with Crippen molar-refractivity contribution in [2.75, 3.05) is 11.9 Å². The van der Waals surface area contributed by atoms with Gasteiger partial charge in [0, 0.05) is 37.0 Å². The van der Waals surface area contributed by atoms with E-state index in [1.165, 1.54) is 0 Å². The van der Waals surface area contributed by atoms with Crippen molar-refractivity contribution in [3.05, 3.63) is 77.1 Å². The van der Waals surface area contributed by atoms with E-state index >= 15 is 0 Å². The van der Waals surface area contributed by atoms with Crippen molar-refractivity contribution >= 4 is 22.7 Å². The zero-order valence-corrected chi connectivity index (χ0v) is 16.2. The molecule has 150 valence electrons. The lowest BCUT2D eigenvalue weighted by atomic mass is 10.1. The predicted molar refractivity (Wildman–Crippen MR) is 113 cm³/mol. The second-order valence-electron chi connectivity index (χ2n) is 7.16. The number of carbonyl (C=O) groups is 1. The summed E-state index contributed by atoms with van der Waals surface area (Å²) < 4.78 is 1.61. The van der Waals surface area contributed by atoms with Gasteiger partial charge in [0.05, 0.1) is 23.0 Å². The molecule has 8 heteroatoms. The van der Waals surface area contributed by atoms with E-state index in [2.05, 4.69) is 27.9 Å². The first-order valence-corrected chi connectivity index (χ1v) is 9.79. The van der Waals surface area contributed by atoms with Gasteiger partial charge < -0.3 is 15.7 Å². The van der Waals surface area contributed by atoms with E-state index in [0.717, 1.165) is 35.6 Å². The Morgan fingerprint density at radius 2 is 2.00 bits per heavy atom. The number of fused-ring (bicyclic) bond motifs is 2. The molecule has 2 aromatic heterocycles. The highest BCUT2D eigenvalue weighted by Gasteiger charge is 2.20. The van der Waals surface area contributed by atoms with Crippen LogP contribution in [0.5, 0.6) is 0 Å². The van der Waals surface area contributed by atoms with Gasteiger partial charge in [-0.3, -0.25) is 0 Å². The van der Waals surface area contributed by atoms with Gasteiger partial charge in [0.15, 0.2) is 0 Å². The lowest BCUT2D eigenvalue weighted by molar-refractivity contribution is 0.0699. The number of rotatable bonds is 5. The maximum atomic E-state index is 11.5. The van der Waals surface area contributed by atoms with Crippen LogP contribution < -0.4 is 10.6 Å². The van der Waals surface area contributed by atoms with Crippen LogP contribution in [0.25, 0.3) is 16.9 Å². The van der Waals surface area contributed by atoms with Crippen LogP contribution in [0.3, 0.4) is 0 Å². The first kappa shape index (κ1) is 18.3. The Balaban J connectivity index is 1.58. The summed E-state index contributed by atoms with van der Waals surface area (Å²) in [5, 5.41) is 21.2. The number of nitrogens with zero attached hydrogens (tertiary/aromatic N) is 4. The smallest absolute Gasteiger partial charge is 0.336 e. The number of aromatic carboxylic acids is 1. The molecule has 0 radical (unpaired) electrons. The number of hydrogen-bond acceptors (Lipinski definition) is 6. The van der Waals surface area contributed by atoms with E-state index in [-0.39, 0.29) is 5.56 Å².